The highest BCUT2D eigenvalue weighted by Gasteiger charge is 2.16. The van der Waals surface area contributed by atoms with Crippen molar-refractivity contribution < 1.29 is 13.2 Å². The molecule has 0 saturated heterocycles. The van der Waals surface area contributed by atoms with Crippen molar-refractivity contribution in [1.82, 2.24) is 4.72 Å². The largest absolute Gasteiger partial charge is 0.293 e. The van der Waals surface area contributed by atoms with Gasteiger partial charge in [-0.2, -0.15) is 0 Å². The minimum absolute atomic E-state index is 0.150. The zero-order chi connectivity index (χ0) is 16.3. The Balaban J connectivity index is 1.79. The minimum atomic E-state index is -3.73. The molecule has 0 atom stereocenters. The van der Waals surface area contributed by atoms with Gasteiger partial charge in [-0.05, 0) is 22.9 Å². The second-order valence-corrected chi connectivity index (χ2v) is 6.89. The Hall–Kier alpha value is -2.50. The standard InChI is InChI=1S/C18H15NO3S/c20-18(15-7-2-1-3-8-15)13-19-23(21,22)17-11-10-14-6-4-5-9-16(14)12-17/h1-12,19H,13H2. The van der Waals surface area contributed by atoms with Crippen LogP contribution in [0.4, 0.5) is 0 Å². The Morgan fingerprint density at radius 2 is 1.48 bits per heavy atom. The van der Waals surface area contributed by atoms with E-state index in [0.717, 1.165) is 10.8 Å². The van der Waals surface area contributed by atoms with Gasteiger partial charge < -0.3 is 0 Å². The number of benzene rings is 3. The molecule has 23 heavy (non-hydrogen) atoms. The summed E-state index contributed by atoms with van der Waals surface area (Å²) in [7, 11) is -3.73. The predicted molar refractivity (Wildman–Crippen MR) is 89.9 cm³/mol. The third kappa shape index (κ3) is 3.47. The Morgan fingerprint density at radius 1 is 0.826 bits per heavy atom. The van der Waals surface area contributed by atoms with Crippen molar-refractivity contribution in [3.05, 3.63) is 78.4 Å². The summed E-state index contributed by atoms with van der Waals surface area (Å²) in [6.07, 6.45) is 0. The van der Waals surface area contributed by atoms with Gasteiger partial charge in [-0.1, -0.05) is 60.7 Å². The molecule has 0 bridgehead atoms. The van der Waals surface area contributed by atoms with Crippen molar-refractivity contribution in [1.29, 1.82) is 0 Å². The number of carbonyl (C=O) groups excluding carboxylic acids is 1. The molecule has 0 amide bonds. The van der Waals surface area contributed by atoms with Crippen LogP contribution in [0.3, 0.4) is 0 Å². The van der Waals surface area contributed by atoms with Crippen LogP contribution in [-0.2, 0) is 10.0 Å². The molecule has 1 N–H and O–H groups in total. The van der Waals surface area contributed by atoms with E-state index in [1.807, 2.05) is 24.3 Å². The maximum atomic E-state index is 12.3. The SMILES string of the molecule is O=C(CNS(=O)(=O)c1ccc2ccccc2c1)c1ccccc1. The number of rotatable bonds is 5. The molecule has 0 aliphatic carbocycles. The zero-order valence-electron chi connectivity index (χ0n) is 12.3. The molecule has 3 rings (SSSR count). The fraction of sp³-hybridized carbons (Fsp3) is 0.0556. The summed E-state index contributed by atoms with van der Waals surface area (Å²) >= 11 is 0. The number of nitrogens with one attached hydrogen (secondary N) is 1. The molecule has 0 aliphatic heterocycles. The van der Waals surface area contributed by atoms with Crippen LogP contribution in [0.1, 0.15) is 10.4 Å². The maximum absolute atomic E-state index is 12.3. The molecule has 3 aromatic carbocycles. The Morgan fingerprint density at radius 3 is 2.22 bits per heavy atom. The lowest BCUT2D eigenvalue weighted by molar-refractivity contribution is 0.0997. The van der Waals surface area contributed by atoms with Crippen LogP contribution >= 0.6 is 0 Å². The third-order valence-corrected chi connectivity index (χ3v) is 4.95. The lowest BCUT2D eigenvalue weighted by Gasteiger charge is -2.07. The van der Waals surface area contributed by atoms with Crippen LogP contribution in [0.15, 0.2) is 77.7 Å². The summed E-state index contributed by atoms with van der Waals surface area (Å²) in [6.45, 7) is -0.265. The van der Waals surface area contributed by atoms with Crippen LogP contribution in [0.2, 0.25) is 0 Å². The summed E-state index contributed by atoms with van der Waals surface area (Å²) in [5, 5.41) is 1.80. The highest BCUT2D eigenvalue weighted by atomic mass is 32.2. The van der Waals surface area contributed by atoms with Crippen molar-refractivity contribution in [3.8, 4) is 0 Å². The van der Waals surface area contributed by atoms with Gasteiger partial charge in [0, 0.05) is 5.56 Å². The molecule has 116 valence electrons. The second kappa shape index (κ2) is 6.32. The zero-order valence-corrected chi connectivity index (χ0v) is 13.1. The number of Topliss-reactive ketones (excluding diaryl/α,β-unsaturated/α-hetero) is 1. The summed E-state index contributed by atoms with van der Waals surface area (Å²) < 4.78 is 27.1. The van der Waals surface area contributed by atoms with E-state index in [-0.39, 0.29) is 17.2 Å². The summed E-state index contributed by atoms with van der Waals surface area (Å²) in [4.78, 5) is 12.2. The van der Waals surface area contributed by atoms with E-state index >= 15 is 0 Å². The van der Waals surface area contributed by atoms with Gasteiger partial charge in [-0.15, -0.1) is 0 Å². The van der Waals surface area contributed by atoms with Crippen LogP contribution in [0.5, 0.6) is 0 Å². The van der Waals surface area contributed by atoms with Gasteiger partial charge in [0.15, 0.2) is 5.78 Å². The monoisotopic (exact) mass is 325 g/mol. The van der Waals surface area contributed by atoms with Crippen LogP contribution in [0, 0.1) is 0 Å². The van der Waals surface area contributed by atoms with Crippen LogP contribution < -0.4 is 4.72 Å². The van der Waals surface area contributed by atoms with Gasteiger partial charge >= 0.3 is 0 Å². The molecule has 0 heterocycles. The van der Waals surface area contributed by atoms with Crippen molar-refractivity contribution in [2.45, 2.75) is 4.90 Å². The topological polar surface area (TPSA) is 63.2 Å². The van der Waals surface area contributed by atoms with E-state index in [0.29, 0.717) is 5.56 Å². The molecule has 5 heteroatoms. The van der Waals surface area contributed by atoms with E-state index in [1.54, 1.807) is 42.5 Å². The number of hydrogen-bond donors (Lipinski definition) is 1. The highest BCUT2D eigenvalue weighted by molar-refractivity contribution is 7.89. The molecular weight excluding hydrogens is 310 g/mol. The first kappa shape index (κ1) is 15.4. The first-order chi connectivity index (χ1) is 11.1. The Labute approximate surface area is 134 Å². The summed E-state index contributed by atoms with van der Waals surface area (Å²) in [5.74, 6) is -0.269. The lowest BCUT2D eigenvalue weighted by atomic mass is 10.1. The molecule has 0 radical (unpaired) electrons. The van der Waals surface area contributed by atoms with Crippen LogP contribution in [0.25, 0.3) is 10.8 Å². The molecule has 0 unspecified atom stereocenters. The van der Waals surface area contributed by atoms with E-state index in [9.17, 15) is 13.2 Å². The van der Waals surface area contributed by atoms with Crippen LogP contribution in [-0.4, -0.2) is 20.7 Å². The van der Waals surface area contributed by atoms with E-state index in [4.69, 9.17) is 0 Å². The van der Waals surface area contributed by atoms with Gasteiger partial charge in [0.2, 0.25) is 10.0 Å². The van der Waals surface area contributed by atoms with Crippen molar-refractivity contribution in [2.75, 3.05) is 6.54 Å². The van der Waals surface area contributed by atoms with Crippen molar-refractivity contribution >= 4 is 26.6 Å². The molecule has 0 aliphatic rings. The molecule has 0 aromatic heterocycles. The average Bonchev–Trinajstić information content (AvgIpc) is 2.60. The number of ketones is 1. The first-order valence-corrected chi connectivity index (χ1v) is 8.61. The molecule has 0 fully saturated rings. The molecular formula is C18H15NO3S. The third-order valence-electron chi connectivity index (χ3n) is 3.55. The van der Waals surface area contributed by atoms with Gasteiger partial charge in [0.05, 0.1) is 11.4 Å². The maximum Gasteiger partial charge on any atom is 0.241 e. The molecule has 4 nitrogen and oxygen atoms in total. The van der Waals surface area contributed by atoms with Gasteiger partial charge in [0.1, 0.15) is 0 Å². The number of fused-ring (bicyclic) bond motifs is 1. The first-order valence-electron chi connectivity index (χ1n) is 7.13. The average molecular weight is 325 g/mol. The highest BCUT2D eigenvalue weighted by Crippen LogP contribution is 2.18. The molecule has 0 spiro atoms. The van der Waals surface area contributed by atoms with Crippen molar-refractivity contribution in [2.24, 2.45) is 0 Å². The fourth-order valence-corrected chi connectivity index (χ4v) is 3.32. The lowest BCUT2D eigenvalue weighted by Crippen LogP contribution is -2.29. The minimum Gasteiger partial charge on any atom is -0.293 e. The summed E-state index contributed by atoms with van der Waals surface area (Å²) in [5.41, 5.74) is 0.480. The Kier molecular flexibility index (Phi) is 4.23. The normalized spacial score (nSPS) is 11.5. The summed E-state index contributed by atoms with van der Waals surface area (Å²) in [6, 6.07) is 21.0. The van der Waals surface area contributed by atoms with Gasteiger partial charge in [-0.3, -0.25) is 4.79 Å². The van der Waals surface area contributed by atoms with Gasteiger partial charge in [-0.25, -0.2) is 13.1 Å². The quantitative estimate of drug-likeness (QED) is 0.734. The molecule has 3 aromatic rings. The number of carbonyl (C=O) groups is 1. The number of hydrogen-bond acceptors (Lipinski definition) is 3. The van der Waals surface area contributed by atoms with E-state index < -0.39 is 10.0 Å². The van der Waals surface area contributed by atoms with E-state index in [1.165, 1.54) is 6.07 Å². The van der Waals surface area contributed by atoms with E-state index in [2.05, 4.69) is 4.72 Å². The van der Waals surface area contributed by atoms with Gasteiger partial charge in [0.25, 0.3) is 0 Å². The Bertz CT molecular complexity index is 950. The van der Waals surface area contributed by atoms with Crippen molar-refractivity contribution in [3.63, 3.8) is 0 Å². The fourth-order valence-electron chi connectivity index (χ4n) is 2.30. The smallest absolute Gasteiger partial charge is 0.241 e. The second-order valence-electron chi connectivity index (χ2n) is 5.12. The number of sulfonamides is 1. The predicted octanol–water partition coefficient (Wildman–Crippen LogP) is 3.00. The molecule has 0 saturated carbocycles.